The van der Waals surface area contributed by atoms with Gasteiger partial charge in [0.2, 0.25) is 0 Å². The van der Waals surface area contributed by atoms with Crippen molar-refractivity contribution < 1.29 is 0 Å². The molecule has 0 aliphatic rings. The van der Waals surface area contributed by atoms with Crippen LogP contribution in [0.5, 0.6) is 0 Å². The molecular weight excluding hydrogens is 242 g/mol. The van der Waals surface area contributed by atoms with E-state index < -0.39 is 0 Å². The van der Waals surface area contributed by atoms with Gasteiger partial charge in [0, 0.05) is 11.8 Å². The average Bonchev–Trinajstić information content (AvgIpc) is 2.49. The molecule has 0 spiro atoms. The topological polar surface area (TPSA) is 12.9 Å². The summed E-state index contributed by atoms with van der Waals surface area (Å²) in [5, 5.41) is 0. The van der Waals surface area contributed by atoms with Crippen molar-refractivity contribution in [2.45, 2.75) is 39.5 Å². The molecule has 1 aromatic carbocycles. The van der Waals surface area contributed by atoms with Gasteiger partial charge in [-0.15, -0.1) is 0 Å². The molecule has 0 radical (unpaired) electrons. The van der Waals surface area contributed by atoms with E-state index in [9.17, 15) is 0 Å². The van der Waals surface area contributed by atoms with E-state index in [2.05, 4.69) is 60.5 Å². The maximum atomic E-state index is 4.59. The summed E-state index contributed by atoms with van der Waals surface area (Å²) in [7, 11) is 0. The van der Waals surface area contributed by atoms with Crippen LogP contribution >= 0.6 is 0 Å². The van der Waals surface area contributed by atoms with Crippen molar-refractivity contribution in [1.29, 1.82) is 0 Å². The number of aryl methyl sites for hydroxylation is 1. The van der Waals surface area contributed by atoms with E-state index in [0.717, 1.165) is 12.1 Å². The lowest BCUT2D eigenvalue weighted by molar-refractivity contribution is 0.716. The van der Waals surface area contributed by atoms with Gasteiger partial charge in [-0.25, -0.2) is 0 Å². The highest BCUT2D eigenvalue weighted by Crippen LogP contribution is 2.19. The van der Waals surface area contributed by atoms with Crippen molar-refractivity contribution in [2.24, 2.45) is 0 Å². The summed E-state index contributed by atoms with van der Waals surface area (Å²) in [4.78, 5) is 4.59. The zero-order valence-corrected chi connectivity index (χ0v) is 12.5. The molecular formula is C19H23N. The third-order valence-electron chi connectivity index (χ3n) is 3.46. The Kier molecular flexibility index (Phi) is 5.55. The van der Waals surface area contributed by atoms with Gasteiger partial charge in [-0.1, -0.05) is 62.2 Å². The third-order valence-corrected chi connectivity index (χ3v) is 3.46. The summed E-state index contributed by atoms with van der Waals surface area (Å²) in [6.07, 6.45) is 11.1. The Morgan fingerprint density at radius 2 is 1.80 bits per heavy atom. The Labute approximate surface area is 122 Å². The molecule has 20 heavy (non-hydrogen) atoms. The third kappa shape index (κ3) is 4.06. The van der Waals surface area contributed by atoms with Crippen molar-refractivity contribution >= 4 is 6.08 Å². The van der Waals surface area contributed by atoms with Crippen LogP contribution in [0.3, 0.4) is 0 Å². The van der Waals surface area contributed by atoms with Gasteiger partial charge in [0.25, 0.3) is 0 Å². The number of hydrogen-bond donors (Lipinski definition) is 0. The zero-order chi connectivity index (χ0) is 14.2. The number of hydrogen-bond acceptors (Lipinski definition) is 1. The molecule has 0 bridgehead atoms. The standard InChI is InChI=1S/C19H23N/c1-3-5-6-8-17-11-14-19(20-15-17)18-12-9-16(7-4-2)10-13-18/h4,7,9-15H,3,5-6,8H2,1-2H3/b7-4+. The molecule has 0 unspecified atom stereocenters. The molecule has 2 aromatic rings. The minimum Gasteiger partial charge on any atom is -0.256 e. The molecule has 1 heterocycles. The normalized spacial score (nSPS) is 11.1. The molecule has 0 saturated heterocycles. The monoisotopic (exact) mass is 265 g/mol. The van der Waals surface area contributed by atoms with Crippen LogP contribution in [0.2, 0.25) is 0 Å². The first-order chi connectivity index (χ1) is 9.83. The fourth-order valence-corrected chi connectivity index (χ4v) is 2.28. The first kappa shape index (κ1) is 14.5. The highest BCUT2D eigenvalue weighted by molar-refractivity contribution is 5.62. The molecule has 2 rings (SSSR count). The van der Waals surface area contributed by atoms with Crippen molar-refractivity contribution in [3.63, 3.8) is 0 Å². The molecule has 1 heteroatoms. The SMILES string of the molecule is C/C=C/c1ccc(-c2ccc(CCCCC)cn2)cc1. The highest BCUT2D eigenvalue weighted by Gasteiger charge is 2.00. The fourth-order valence-electron chi connectivity index (χ4n) is 2.28. The Hall–Kier alpha value is -1.89. The van der Waals surface area contributed by atoms with Crippen LogP contribution in [0.25, 0.3) is 17.3 Å². The van der Waals surface area contributed by atoms with Crippen LogP contribution in [0.4, 0.5) is 0 Å². The Morgan fingerprint density at radius 3 is 2.40 bits per heavy atom. The predicted octanol–water partition coefficient (Wildman–Crippen LogP) is 5.51. The first-order valence-electron chi connectivity index (χ1n) is 7.51. The summed E-state index contributed by atoms with van der Waals surface area (Å²) in [6, 6.07) is 12.9. The smallest absolute Gasteiger partial charge is 0.0702 e. The second-order valence-corrected chi connectivity index (χ2v) is 5.13. The van der Waals surface area contributed by atoms with E-state index in [-0.39, 0.29) is 0 Å². The van der Waals surface area contributed by atoms with Gasteiger partial charge in [0.05, 0.1) is 5.69 Å². The van der Waals surface area contributed by atoms with E-state index >= 15 is 0 Å². The van der Waals surface area contributed by atoms with Gasteiger partial charge in [0.1, 0.15) is 0 Å². The largest absolute Gasteiger partial charge is 0.256 e. The highest BCUT2D eigenvalue weighted by atomic mass is 14.7. The second kappa shape index (κ2) is 7.64. The van der Waals surface area contributed by atoms with E-state index in [4.69, 9.17) is 0 Å². The number of pyridine rings is 1. The maximum absolute atomic E-state index is 4.59. The first-order valence-corrected chi connectivity index (χ1v) is 7.51. The average molecular weight is 265 g/mol. The molecule has 1 aromatic heterocycles. The summed E-state index contributed by atoms with van der Waals surface area (Å²) in [5.74, 6) is 0. The van der Waals surface area contributed by atoms with Gasteiger partial charge in [-0.2, -0.15) is 0 Å². The van der Waals surface area contributed by atoms with Gasteiger partial charge in [0.15, 0.2) is 0 Å². The molecule has 0 N–H and O–H groups in total. The van der Waals surface area contributed by atoms with E-state index in [1.807, 2.05) is 13.1 Å². The van der Waals surface area contributed by atoms with Crippen LogP contribution in [0, 0.1) is 0 Å². The number of benzene rings is 1. The fraction of sp³-hybridized carbons (Fsp3) is 0.316. The second-order valence-electron chi connectivity index (χ2n) is 5.13. The quantitative estimate of drug-likeness (QED) is 0.627. The summed E-state index contributed by atoms with van der Waals surface area (Å²) in [5.41, 5.74) is 4.80. The Morgan fingerprint density at radius 1 is 1.00 bits per heavy atom. The number of allylic oxidation sites excluding steroid dienone is 1. The summed E-state index contributed by atoms with van der Waals surface area (Å²) in [6.45, 7) is 4.27. The Bertz CT molecular complexity index is 535. The molecule has 0 amide bonds. The minimum atomic E-state index is 1.05. The molecule has 0 fully saturated rings. The van der Waals surface area contributed by atoms with Gasteiger partial charge >= 0.3 is 0 Å². The van der Waals surface area contributed by atoms with Crippen LogP contribution in [-0.2, 0) is 6.42 Å². The predicted molar refractivity (Wildman–Crippen MR) is 87.6 cm³/mol. The maximum Gasteiger partial charge on any atom is 0.0702 e. The van der Waals surface area contributed by atoms with E-state index in [1.54, 1.807) is 0 Å². The van der Waals surface area contributed by atoms with Crippen LogP contribution in [-0.4, -0.2) is 4.98 Å². The molecule has 0 aliphatic heterocycles. The summed E-state index contributed by atoms with van der Waals surface area (Å²) < 4.78 is 0. The van der Waals surface area contributed by atoms with Crippen molar-refractivity contribution in [3.05, 3.63) is 59.8 Å². The molecule has 104 valence electrons. The van der Waals surface area contributed by atoms with Crippen LogP contribution < -0.4 is 0 Å². The summed E-state index contributed by atoms with van der Waals surface area (Å²) >= 11 is 0. The lowest BCUT2D eigenvalue weighted by atomic mass is 10.1. The molecule has 0 atom stereocenters. The molecule has 0 saturated carbocycles. The van der Waals surface area contributed by atoms with Crippen molar-refractivity contribution in [3.8, 4) is 11.3 Å². The molecule has 0 aliphatic carbocycles. The van der Waals surface area contributed by atoms with Crippen molar-refractivity contribution in [1.82, 2.24) is 4.98 Å². The number of rotatable bonds is 6. The molecule has 1 nitrogen and oxygen atoms in total. The zero-order valence-electron chi connectivity index (χ0n) is 12.5. The van der Waals surface area contributed by atoms with Crippen LogP contribution in [0.1, 0.15) is 44.2 Å². The lowest BCUT2D eigenvalue weighted by Gasteiger charge is -2.04. The van der Waals surface area contributed by atoms with Gasteiger partial charge in [-0.05, 0) is 37.0 Å². The van der Waals surface area contributed by atoms with E-state index in [1.165, 1.54) is 36.0 Å². The number of aromatic nitrogens is 1. The van der Waals surface area contributed by atoms with Gasteiger partial charge in [-0.3, -0.25) is 4.98 Å². The number of nitrogens with zero attached hydrogens (tertiary/aromatic N) is 1. The van der Waals surface area contributed by atoms with E-state index in [0.29, 0.717) is 0 Å². The number of unbranched alkanes of at least 4 members (excludes halogenated alkanes) is 2. The minimum absolute atomic E-state index is 1.05. The Balaban J connectivity index is 2.05. The van der Waals surface area contributed by atoms with Crippen molar-refractivity contribution in [2.75, 3.05) is 0 Å². The van der Waals surface area contributed by atoms with Gasteiger partial charge < -0.3 is 0 Å². The lowest BCUT2D eigenvalue weighted by Crippen LogP contribution is -1.89. The van der Waals surface area contributed by atoms with Crippen LogP contribution in [0.15, 0.2) is 48.7 Å².